The molecule has 0 aliphatic heterocycles. The molecule has 0 heterocycles. The monoisotopic (exact) mass is 317 g/mol. The highest BCUT2D eigenvalue weighted by Crippen LogP contribution is 2.24. The average molecular weight is 317 g/mol. The second-order valence-corrected chi connectivity index (χ2v) is 4.12. The van der Waals surface area contributed by atoms with E-state index in [0.717, 1.165) is 5.56 Å². The first kappa shape index (κ1) is 23.0. The van der Waals surface area contributed by atoms with Crippen LogP contribution >= 0.6 is 0 Å². The van der Waals surface area contributed by atoms with Crippen molar-refractivity contribution >= 4 is 12.1 Å². The fourth-order valence-electron chi connectivity index (χ4n) is 1.52. The molecule has 0 atom stereocenters. The first-order valence-electron chi connectivity index (χ1n) is 8.04. The number of ether oxygens (including phenoxy) is 1. The lowest BCUT2D eigenvalue weighted by Gasteiger charge is -2.06. The summed E-state index contributed by atoms with van der Waals surface area (Å²) in [6.07, 6.45) is 0.632. The largest absolute Gasteiger partial charge is 0.495 e. The van der Waals surface area contributed by atoms with Crippen LogP contribution in [-0.2, 0) is 4.79 Å². The van der Waals surface area contributed by atoms with Crippen LogP contribution in [0.5, 0.6) is 5.75 Å². The van der Waals surface area contributed by atoms with Crippen molar-refractivity contribution in [2.75, 3.05) is 12.4 Å². The number of aryl methyl sites for hydroxylation is 2. The summed E-state index contributed by atoms with van der Waals surface area (Å²) in [5.41, 5.74) is 3.11. The maximum absolute atomic E-state index is 10.2. The van der Waals surface area contributed by atoms with Crippen LogP contribution in [0.3, 0.4) is 0 Å². The van der Waals surface area contributed by atoms with Crippen LogP contribution in [0.25, 0.3) is 0 Å². The molecule has 0 bridgehead atoms. The standard InChI is InChI=1S/C9H11NO2.C7H8.2C2H6/c1-7-3-4-8(10-6-11)9(5-7)12-2;1-7-5-3-2-4-6-7;2*1-2/h3-6H,1-2H3,(H,10,11);2-6H,1H3;2*1-2H3. The Bertz CT molecular complexity index is 510. The van der Waals surface area contributed by atoms with Gasteiger partial charge in [-0.15, -0.1) is 0 Å². The lowest BCUT2D eigenvalue weighted by Crippen LogP contribution is -1.97. The number of benzene rings is 2. The van der Waals surface area contributed by atoms with Crippen molar-refractivity contribution in [3.8, 4) is 5.75 Å². The summed E-state index contributed by atoms with van der Waals surface area (Å²) >= 11 is 0. The zero-order chi connectivity index (χ0) is 18.1. The Morgan fingerprint density at radius 1 is 0.870 bits per heavy atom. The summed E-state index contributed by atoms with van der Waals surface area (Å²) in [6.45, 7) is 12.0. The van der Waals surface area contributed by atoms with Gasteiger partial charge in [0, 0.05) is 0 Å². The molecule has 0 fully saturated rings. The highest BCUT2D eigenvalue weighted by molar-refractivity contribution is 5.75. The molecular formula is C20H31NO2. The van der Waals surface area contributed by atoms with Gasteiger partial charge < -0.3 is 10.1 Å². The molecule has 0 aliphatic carbocycles. The number of methoxy groups -OCH3 is 1. The molecule has 2 aromatic rings. The summed E-state index contributed by atoms with van der Waals surface area (Å²) in [5.74, 6) is 0.683. The van der Waals surface area contributed by atoms with Gasteiger partial charge in [-0.3, -0.25) is 4.79 Å². The van der Waals surface area contributed by atoms with E-state index in [-0.39, 0.29) is 0 Å². The van der Waals surface area contributed by atoms with E-state index >= 15 is 0 Å². The summed E-state index contributed by atoms with van der Waals surface area (Å²) in [5, 5.41) is 2.55. The lowest BCUT2D eigenvalue weighted by atomic mass is 10.2. The second kappa shape index (κ2) is 16.1. The third kappa shape index (κ3) is 11.0. The van der Waals surface area contributed by atoms with Gasteiger partial charge in [-0.2, -0.15) is 0 Å². The van der Waals surface area contributed by atoms with E-state index in [1.54, 1.807) is 7.11 Å². The molecule has 0 unspecified atom stereocenters. The highest BCUT2D eigenvalue weighted by Gasteiger charge is 2.00. The molecule has 23 heavy (non-hydrogen) atoms. The van der Waals surface area contributed by atoms with Crippen molar-refractivity contribution < 1.29 is 9.53 Å². The molecule has 0 aliphatic rings. The van der Waals surface area contributed by atoms with Gasteiger partial charge in [0.25, 0.3) is 0 Å². The van der Waals surface area contributed by atoms with Gasteiger partial charge in [-0.25, -0.2) is 0 Å². The quantitative estimate of drug-likeness (QED) is 0.746. The van der Waals surface area contributed by atoms with Gasteiger partial charge in [-0.05, 0) is 31.5 Å². The molecule has 0 radical (unpaired) electrons. The Morgan fingerprint density at radius 3 is 1.83 bits per heavy atom. The zero-order valence-corrected chi connectivity index (χ0v) is 15.5. The van der Waals surface area contributed by atoms with E-state index < -0.39 is 0 Å². The minimum Gasteiger partial charge on any atom is -0.495 e. The van der Waals surface area contributed by atoms with Crippen LogP contribution in [0.4, 0.5) is 5.69 Å². The van der Waals surface area contributed by atoms with Gasteiger partial charge in [0.15, 0.2) is 0 Å². The van der Waals surface area contributed by atoms with Crippen molar-refractivity contribution in [3.05, 3.63) is 59.7 Å². The number of amides is 1. The van der Waals surface area contributed by atoms with Crippen molar-refractivity contribution in [1.82, 2.24) is 0 Å². The van der Waals surface area contributed by atoms with E-state index in [4.69, 9.17) is 4.74 Å². The molecule has 3 nitrogen and oxygen atoms in total. The summed E-state index contributed by atoms with van der Waals surface area (Å²) in [4.78, 5) is 10.2. The van der Waals surface area contributed by atoms with Gasteiger partial charge in [0.1, 0.15) is 5.75 Å². The number of nitrogens with one attached hydrogen (secondary N) is 1. The zero-order valence-electron chi connectivity index (χ0n) is 15.5. The van der Waals surface area contributed by atoms with Crippen molar-refractivity contribution in [2.24, 2.45) is 0 Å². The minimum absolute atomic E-state index is 0.632. The van der Waals surface area contributed by atoms with Gasteiger partial charge in [-0.1, -0.05) is 69.7 Å². The average Bonchev–Trinajstić information content (AvgIpc) is 2.61. The Kier molecular flexibility index (Phi) is 16.1. The Morgan fingerprint density at radius 2 is 1.43 bits per heavy atom. The van der Waals surface area contributed by atoms with E-state index in [1.807, 2.05) is 71.0 Å². The third-order valence-corrected chi connectivity index (χ3v) is 2.51. The summed E-state index contributed by atoms with van der Waals surface area (Å²) in [6, 6.07) is 15.8. The first-order chi connectivity index (χ1) is 11.2. The maximum Gasteiger partial charge on any atom is 0.211 e. The van der Waals surface area contributed by atoms with E-state index in [2.05, 4.69) is 24.4 Å². The van der Waals surface area contributed by atoms with E-state index in [9.17, 15) is 4.79 Å². The predicted molar refractivity (Wildman–Crippen MR) is 101 cm³/mol. The number of carbonyl (C=O) groups excluding carboxylic acids is 1. The van der Waals surface area contributed by atoms with Crippen LogP contribution in [-0.4, -0.2) is 13.5 Å². The maximum atomic E-state index is 10.2. The summed E-state index contributed by atoms with van der Waals surface area (Å²) < 4.78 is 5.06. The third-order valence-electron chi connectivity index (χ3n) is 2.51. The molecule has 0 saturated heterocycles. The number of carbonyl (C=O) groups is 1. The highest BCUT2D eigenvalue weighted by atomic mass is 16.5. The SMILES string of the molecule is CC.CC.COc1cc(C)ccc1NC=O.Cc1ccccc1. The van der Waals surface area contributed by atoms with Crippen molar-refractivity contribution in [1.29, 1.82) is 0 Å². The molecule has 128 valence electrons. The first-order valence-corrected chi connectivity index (χ1v) is 8.04. The van der Waals surface area contributed by atoms with Crippen LogP contribution in [0.2, 0.25) is 0 Å². The molecule has 1 N–H and O–H groups in total. The topological polar surface area (TPSA) is 38.3 Å². The van der Waals surface area contributed by atoms with Crippen LogP contribution in [0.15, 0.2) is 48.5 Å². The van der Waals surface area contributed by atoms with Crippen LogP contribution in [0.1, 0.15) is 38.8 Å². The Hall–Kier alpha value is -2.29. The van der Waals surface area contributed by atoms with Crippen molar-refractivity contribution in [3.63, 3.8) is 0 Å². The fourth-order valence-corrected chi connectivity index (χ4v) is 1.52. The Labute approximate surface area is 141 Å². The van der Waals surface area contributed by atoms with Gasteiger partial charge in [0.05, 0.1) is 12.8 Å². The van der Waals surface area contributed by atoms with Gasteiger partial charge in [0.2, 0.25) is 6.41 Å². The number of rotatable bonds is 3. The fraction of sp³-hybridized carbons (Fsp3) is 0.350. The summed E-state index contributed by atoms with van der Waals surface area (Å²) in [7, 11) is 1.57. The number of anilines is 1. The normalized spacial score (nSPS) is 7.96. The van der Waals surface area contributed by atoms with E-state index in [0.29, 0.717) is 17.8 Å². The molecule has 2 rings (SSSR count). The second-order valence-electron chi connectivity index (χ2n) is 4.12. The van der Waals surface area contributed by atoms with Crippen molar-refractivity contribution in [2.45, 2.75) is 41.5 Å². The lowest BCUT2D eigenvalue weighted by molar-refractivity contribution is -0.105. The molecule has 0 spiro atoms. The Balaban J connectivity index is 0. The molecule has 0 aromatic heterocycles. The number of hydrogen-bond acceptors (Lipinski definition) is 2. The van der Waals surface area contributed by atoms with E-state index in [1.165, 1.54) is 5.56 Å². The predicted octanol–water partition coefficient (Wildman–Crippen LogP) is 5.62. The minimum atomic E-state index is 0.632. The molecule has 1 amide bonds. The van der Waals surface area contributed by atoms with Gasteiger partial charge >= 0.3 is 0 Å². The smallest absolute Gasteiger partial charge is 0.211 e. The number of hydrogen-bond donors (Lipinski definition) is 1. The molecule has 2 aromatic carbocycles. The molecular weight excluding hydrogens is 286 g/mol. The van der Waals surface area contributed by atoms with Crippen LogP contribution in [0, 0.1) is 13.8 Å². The van der Waals surface area contributed by atoms with Crippen LogP contribution < -0.4 is 10.1 Å². The molecule has 3 heteroatoms. The molecule has 0 saturated carbocycles.